The normalized spacial score (nSPS) is 10.8. The Balaban J connectivity index is 1.56. The molecule has 0 atom stereocenters. The smallest absolute Gasteiger partial charge is 0.323 e. The third-order valence-electron chi connectivity index (χ3n) is 4.41. The second kappa shape index (κ2) is 7.03. The topological polar surface area (TPSA) is 95.8 Å². The minimum Gasteiger partial charge on any atom is -0.382 e. The third kappa shape index (κ3) is 3.37. The van der Waals surface area contributed by atoms with E-state index in [1.165, 1.54) is 6.07 Å². The lowest BCUT2D eigenvalue weighted by Crippen LogP contribution is -2.19. The molecule has 4 aromatic rings. The zero-order chi connectivity index (χ0) is 19.7. The van der Waals surface area contributed by atoms with Gasteiger partial charge in [-0.3, -0.25) is 5.10 Å². The van der Waals surface area contributed by atoms with Gasteiger partial charge in [0.05, 0.1) is 10.9 Å². The number of fused-ring (bicyclic) bond motifs is 1. The van der Waals surface area contributed by atoms with E-state index in [2.05, 4.69) is 20.8 Å². The monoisotopic (exact) mass is 375 g/mol. The Kier molecular flexibility index (Phi) is 4.41. The number of urea groups is 1. The second-order valence-electron chi connectivity index (χ2n) is 6.48. The van der Waals surface area contributed by atoms with Gasteiger partial charge in [-0.25, -0.2) is 9.18 Å². The average molecular weight is 375 g/mol. The molecule has 1 heterocycles. The zero-order valence-corrected chi connectivity index (χ0v) is 15.1. The van der Waals surface area contributed by atoms with Crippen LogP contribution in [-0.4, -0.2) is 16.2 Å². The number of hydrogen-bond acceptors (Lipinski definition) is 3. The highest BCUT2D eigenvalue weighted by molar-refractivity contribution is 6.02. The maximum absolute atomic E-state index is 14.5. The molecule has 0 fully saturated rings. The first-order valence-electron chi connectivity index (χ1n) is 8.68. The summed E-state index contributed by atoms with van der Waals surface area (Å²) in [7, 11) is 0. The predicted octanol–water partition coefficient (Wildman–Crippen LogP) is 4.90. The van der Waals surface area contributed by atoms with Crippen molar-refractivity contribution < 1.29 is 9.18 Å². The van der Waals surface area contributed by atoms with Crippen LogP contribution in [0.2, 0.25) is 0 Å². The molecule has 4 rings (SSSR count). The van der Waals surface area contributed by atoms with Crippen molar-refractivity contribution in [3.05, 3.63) is 72.0 Å². The van der Waals surface area contributed by atoms with Gasteiger partial charge in [-0.2, -0.15) is 5.10 Å². The maximum atomic E-state index is 14.5. The van der Waals surface area contributed by atoms with Crippen LogP contribution >= 0.6 is 0 Å². The molecule has 28 heavy (non-hydrogen) atoms. The van der Waals surface area contributed by atoms with Gasteiger partial charge in [-0.15, -0.1) is 0 Å². The number of hydrogen-bond donors (Lipinski definition) is 4. The summed E-state index contributed by atoms with van der Waals surface area (Å²) in [5.74, 6) is -0.150. The fraction of sp³-hybridized carbons (Fsp3) is 0.0476. The van der Waals surface area contributed by atoms with Crippen LogP contribution in [0.25, 0.3) is 22.0 Å². The number of amides is 2. The average Bonchev–Trinajstić information content (AvgIpc) is 3.04. The van der Waals surface area contributed by atoms with Gasteiger partial charge in [0.25, 0.3) is 0 Å². The Labute approximate surface area is 160 Å². The summed E-state index contributed by atoms with van der Waals surface area (Å²) in [5.41, 5.74) is 9.91. The molecular weight excluding hydrogens is 357 g/mol. The predicted molar refractivity (Wildman–Crippen MR) is 110 cm³/mol. The minimum absolute atomic E-state index is 0.240. The lowest BCUT2D eigenvalue weighted by molar-refractivity contribution is 0.262. The van der Waals surface area contributed by atoms with E-state index in [0.717, 1.165) is 5.56 Å². The van der Waals surface area contributed by atoms with Crippen LogP contribution < -0.4 is 16.4 Å². The lowest BCUT2D eigenvalue weighted by atomic mass is 10.0. The van der Waals surface area contributed by atoms with Crippen LogP contribution in [0.5, 0.6) is 0 Å². The number of aromatic nitrogens is 2. The van der Waals surface area contributed by atoms with E-state index in [0.29, 0.717) is 33.4 Å². The first-order chi connectivity index (χ1) is 13.5. The molecule has 0 spiro atoms. The van der Waals surface area contributed by atoms with Gasteiger partial charge in [0.2, 0.25) is 0 Å². The number of H-pyrrole nitrogens is 1. The number of anilines is 3. The number of nitrogens with two attached hydrogens (primary N) is 1. The van der Waals surface area contributed by atoms with Crippen LogP contribution in [0, 0.1) is 12.7 Å². The van der Waals surface area contributed by atoms with Crippen LogP contribution in [0.15, 0.2) is 60.7 Å². The van der Waals surface area contributed by atoms with Gasteiger partial charge >= 0.3 is 6.03 Å². The van der Waals surface area contributed by atoms with Crippen molar-refractivity contribution in [1.29, 1.82) is 0 Å². The molecule has 7 heteroatoms. The summed E-state index contributed by atoms with van der Waals surface area (Å²) in [6.45, 7) is 1.95. The number of nitrogens with zero attached hydrogens (tertiary/aromatic N) is 1. The summed E-state index contributed by atoms with van der Waals surface area (Å²) in [4.78, 5) is 12.2. The first kappa shape index (κ1) is 17.5. The first-order valence-corrected chi connectivity index (χ1v) is 8.68. The molecule has 6 nitrogen and oxygen atoms in total. The molecule has 1 aromatic heterocycles. The van der Waals surface area contributed by atoms with Crippen molar-refractivity contribution in [3.8, 4) is 11.1 Å². The standard InChI is InChI=1S/C21H18FN5O/c1-12-3-2-4-15(11-12)25-21(28)24-14-7-5-13(6-8-14)18-16(22)9-10-17-19(18)20(23)27-26-17/h2-11H,1H3,(H3,23,26,27)(H2,24,25,28). The van der Waals surface area contributed by atoms with Crippen LogP contribution in [0.3, 0.4) is 0 Å². The molecule has 2 amide bonds. The SMILES string of the molecule is Cc1cccc(NC(=O)Nc2ccc(-c3c(F)ccc4[nH]nc(N)c34)cc2)c1. The van der Waals surface area contributed by atoms with Gasteiger partial charge in [0.15, 0.2) is 5.82 Å². The van der Waals surface area contributed by atoms with Crippen LogP contribution in [-0.2, 0) is 0 Å². The summed E-state index contributed by atoms with van der Waals surface area (Å²) in [6.07, 6.45) is 0. The summed E-state index contributed by atoms with van der Waals surface area (Å²) in [5, 5.41) is 12.8. The Morgan fingerprint density at radius 1 is 1.04 bits per heavy atom. The Hall–Kier alpha value is -3.87. The molecule has 0 radical (unpaired) electrons. The summed E-state index contributed by atoms with van der Waals surface area (Å²) < 4.78 is 14.5. The molecule has 0 aliphatic heterocycles. The molecule has 140 valence electrons. The number of carbonyl (C=O) groups excluding carboxylic acids is 1. The number of nitrogen functional groups attached to an aromatic ring is 1. The lowest BCUT2D eigenvalue weighted by Gasteiger charge is -2.10. The molecule has 0 aliphatic carbocycles. The van der Waals surface area contributed by atoms with Crippen molar-refractivity contribution in [2.45, 2.75) is 6.92 Å². The Morgan fingerprint density at radius 2 is 1.79 bits per heavy atom. The largest absolute Gasteiger partial charge is 0.382 e. The second-order valence-corrected chi connectivity index (χ2v) is 6.48. The number of benzene rings is 3. The Bertz CT molecular complexity index is 1170. The molecule has 0 bridgehead atoms. The van der Waals surface area contributed by atoms with Gasteiger partial charge in [-0.05, 0) is 54.4 Å². The number of carbonyl (C=O) groups is 1. The quantitative estimate of drug-likeness (QED) is 0.410. The maximum Gasteiger partial charge on any atom is 0.323 e. The third-order valence-corrected chi connectivity index (χ3v) is 4.41. The van der Waals surface area contributed by atoms with Crippen LogP contribution in [0.1, 0.15) is 5.56 Å². The number of rotatable bonds is 3. The van der Waals surface area contributed by atoms with Gasteiger partial charge in [0.1, 0.15) is 5.82 Å². The summed E-state index contributed by atoms with van der Waals surface area (Å²) >= 11 is 0. The van der Waals surface area contributed by atoms with Crippen molar-refractivity contribution >= 4 is 34.1 Å². The number of nitrogens with one attached hydrogen (secondary N) is 3. The van der Waals surface area contributed by atoms with E-state index in [-0.39, 0.29) is 11.8 Å². The number of halogens is 1. The molecular formula is C21H18FN5O. The zero-order valence-electron chi connectivity index (χ0n) is 15.1. The highest BCUT2D eigenvalue weighted by atomic mass is 19.1. The molecule has 0 saturated heterocycles. The molecule has 5 N–H and O–H groups in total. The van der Waals surface area contributed by atoms with Crippen molar-refractivity contribution in [3.63, 3.8) is 0 Å². The van der Waals surface area contributed by atoms with E-state index in [1.807, 2.05) is 31.2 Å². The molecule has 0 aliphatic rings. The Morgan fingerprint density at radius 3 is 2.54 bits per heavy atom. The van der Waals surface area contributed by atoms with Crippen molar-refractivity contribution in [2.75, 3.05) is 16.4 Å². The van der Waals surface area contributed by atoms with Crippen LogP contribution in [0.4, 0.5) is 26.4 Å². The number of aryl methyl sites for hydroxylation is 1. The molecule has 3 aromatic carbocycles. The molecule has 0 saturated carbocycles. The van der Waals surface area contributed by atoms with Gasteiger partial charge in [0, 0.05) is 16.9 Å². The highest BCUT2D eigenvalue weighted by Crippen LogP contribution is 2.34. The van der Waals surface area contributed by atoms with Gasteiger partial charge in [-0.1, -0.05) is 24.3 Å². The van der Waals surface area contributed by atoms with E-state index < -0.39 is 5.82 Å². The van der Waals surface area contributed by atoms with E-state index >= 15 is 0 Å². The van der Waals surface area contributed by atoms with Crippen molar-refractivity contribution in [2.24, 2.45) is 0 Å². The van der Waals surface area contributed by atoms with E-state index in [9.17, 15) is 9.18 Å². The van der Waals surface area contributed by atoms with Crippen molar-refractivity contribution in [1.82, 2.24) is 10.2 Å². The molecule has 0 unspecified atom stereocenters. The fourth-order valence-electron chi connectivity index (χ4n) is 3.13. The fourth-order valence-corrected chi connectivity index (χ4v) is 3.13. The van der Waals surface area contributed by atoms with E-state index in [4.69, 9.17) is 5.73 Å². The van der Waals surface area contributed by atoms with E-state index in [1.54, 1.807) is 30.3 Å². The highest BCUT2D eigenvalue weighted by Gasteiger charge is 2.15. The number of aromatic amines is 1. The summed E-state index contributed by atoms with van der Waals surface area (Å²) in [6, 6.07) is 17.0. The van der Waals surface area contributed by atoms with Gasteiger partial charge < -0.3 is 16.4 Å². The minimum atomic E-state index is -0.390.